The fourth-order valence-electron chi connectivity index (χ4n) is 1.67. The second-order valence-corrected chi connectivity index (χ2v) is 4.20. The van der Waals surface area contributed by atoms with E-state index >= 15 is 0 Å². The lowest BCUT2D eigenvalue weighted by atomic mass is 10.2. The maximum Gasteiger partial charge on any atom is 0.126 e. The SMILES string of the molecule is Fc1cccc(OCCCOCc2ccccc2)c1. The van der Waals surface area contributed by atoms with Gasteiger partial charge in [-0.25, -0.2) is 4.39 Å². The fraction of sp³-hybridized carbons (Fsp3) is 0.250. The molecule has 0 saturated carbocycles. The highest BCUT2D eigenvalue weighted by atomic mass is 19.1. The monoisotopic (exact) mass is 260 g/mol. The molecule has 2 rings (SSSR count). The molecule has 0 amide bonds. The summed E-state index contributed by atoms with van der Waals surface area (Å²) < 4.78 is 23.8. The van der Waals surface area contributed by atoms with Crippen LogP contribution in [-0.4, -0.2) is 13.2 Å². The lowest BCUT2D eigenvalue weighted by molar-refractivity contribution is 0.107. The second kappa shape index (κ2) is 7.54. The molecule has 0 saturated heterocycles. The lowest BCUT2D eigenvalue weighted by Gasteiger charge is -2.07. The van der Waals surface area contributed by atoms with Gasteiger partial charge in [-0.1, -0.05) is 36.4 Å². The van der Waals surface area contributed by atoms with Crippen molar-refractivity contribution in [2.75, 3.05) is 13.2 Å². The Morgan fingerprint density at radius 1 is 0.895 bits per heavy atom. The van der Waals surface area contributed by atoms with Crippen molar-refractivity contribution in [2.45, 2.75) is 13.0 Å². The Morgan fingerprint density at radius 2 is 1.74 bits per heavy atom. The number of hydrogen-bond acceptors (Lipinski definition) is 2. The predicted octanol–water partition coefficient (Wildman–Crippen LogP) is 3.81. The quantitative estimate of drug-likeness (QED) is 0.705. The molecule has 0 aliphatic rings. The molecule has 3 heteroatoms. The van der Waals surface area contributed by atoms with Gasteiger partial charge in [0.15, 0.2) is 0 Å². The molecule has 19 heavy (non-hydrogen) atoms. The first-order chi connectivity index (χ1) is 9.34. The van der Waals surface area contributed by atoms with Gasteiger partial charge in [0.2, 0.25) is 0 Å². The molecule has 0 heterocycles. The van der Waals surface area contributed by atoms with Crippen molar-refractivity contribution in [2.24, 2.45) is 0 Å². The molecule has 0 spiro atoms. The van der Waals surface area contributed by atoms with Crippen molar-refractivity contribution >= 4 is 0 Å². The Morgan fingerprint density at radius 3 is 2.53 bits per heavy atom. The van der Waals surface area contributed by atoms with Crippen molar-refractivity contribution < 1.29 is 13.9 Å². The van der Waals surface area contributed by atoms with Crippen LogP contribution in [0.3, 0.4) is 0 Å². The Kier molecular flexibility index (Phi) is 5.38. The predicted molar refractivity (Wildman–Crippen MR) is 72.6 cm³/mol. The summed E-state index contributed by atoms with van der Waals surface area (Å²) in [7, 11) is 0. The van der Waals surface area contributed by atoms with Crippen LogP contribution in [0.2, 0.25) is 0 Å². The number of benzene rings is 2. The molecule has 2 aromatic rings. The molecule has 0 fully saturated rings. The molecular weight excluding hydrogens is 243 g/mol. The first-order valence-electron chi connectivity index (χ1n) is 6.34. The van der Waals surface area contributed by atoms with E-state index in [4.69, 9.17) is 9.47 Å². The van der Waals surface area contributed by atoms with Gasteiger partial charge in [-0.05, 0) is 17.7 Å². The molecule has 2 aromatic carbocycles. The fourth-order valence-corrected chi connectivity index (χ4v) is 1.67. The van der Waals surface area contributed by atoms with Crippen LogP contribution in [0, 0.1) is 5.82 Å². The third-order valence-electron chi connectivity index (χ3n) is 2.61. The van der Waals surface area contributed by atoms with Gasteiger partial charge < -0.3 is 9.47 Å². The van der Waals surface area contributed by atoms with E-state index < -0.39 is 0 Å². The molecule has 0 unspecified atom stereocenters. The zero-order valence-corrected chi connectivity index (χ0v) is 10.7. The average molecular weight is 260 g/mol. The van der Waals surface area contributed by atoms with Crippen LogP contribution >= 0.6 is 0 Å². The molecule has 2 nitrogen and oxygen atoms in total. The zero-order chi connectivity index (χ0) is 13.3. The van der Waals surface area contributed by atoms with Crippen molar-refractivity contribution in [3.8, 4) is 5.75 Å². The number of hydrogen-bond donors (Lipinski definition) is 0. The first-order valence-corrected chi connectivity index (χ1v) is 6.34. The third-order valence-corrected chi connectivity index (χ3v) is 2.61. The molecule has 100 valence electrons. The van der Waals surface area contributed by atoms with Crippen LogP contribution in [0.4, 0.5) is 4.39 Å². The number of ether oxygens (including phenoxy) is 2. The zero-order valence-electron chi connectivity index (χ0n) is 10.7. The van der Waals surface area contributed by atoms with E-state index in [9.17, 15) is 4.39 Å². The molecule has 0 bridgehead atoms. The van der Waals surface area contributed by atoms with E-state index in [-0.39, 0.29) is 5.82 Å². The topological polar surface area (TPSA) is 18.5 Å². The summed E-state index contributed by atoms with van der Waals surface area (Å²) in [5.74, 6) is 0.279. The van der Waals surface area contributed by atoms with Gasteiger partial charge in [0.05, 0.1) is 19.8 Å². The number of halogens is 1. The maximum absolute atomic E-state index is 12.9. The average Bonchev–Trinajstić information content (AvgIpc) is 2.44. The van der Waals surface area contributed by atoms with E-state index in [0.29, 0.717) is 25.6 Å². The summed E-state index contributed by atoms with van der Waals surface area (Å²) in [6, 6.07) is 16.2. The summed E-state index contributed by atoms with van der Waals surface area (Å²) in [5.41, 5.74) is 1.16. The molecule has 0 radical (unpaired) electrons. The molecule has 0 aromatic heterocycles. The summed E-state index contributed by atoms with van der Waals surface area (Å²) >= 11 is 0. The van der Waals surface area contributed by atoms with E-state index in [1.54, 1.807) is 12.1 Å². The normalized spacial score (nSPS) is 10.4. The van der Waals surface area contributed by atoms with Crippen LogP contribution in [0.25, 0.3) is 0 Å². The van der Waals surface area contributed by atoms with Gasteiger partial charge in [0.1, 0.15) is 11.6 Å². The van der Waals surface area contributed by atoms with Gasteiger partial charge in [-0.3, -0.25) is 0 Å². The molecule has 0 aliphatic carbocycles. The lowest BCUT2D eigenvalue weighted by Crippen LogP contribution is -2.03. The van der Waals surface area contributed by atoms with Crippen LogP contribution in [0.1, 0.15) is 12.0 Å². The maximum atomic E-state index is 12.9. The Balaban J connectivity index is 1.58. The summed E-state index contributed by atoms with van der Waals surface area (Å²) in [6.45, 7) is 1.77. The standard InChI is InChI=1S/C16H17FO2/c17-15-8-4-9-16(12-15)19-11-5-10-18-13-14-6-2-1-3-7-14/h1-4,6-9,12H,5,10-11,13H2. The minimum Gasteiger partial charge on any atom is -0.493 e. The van der Waals surface area contributed by atoms with Crippen LogP contribution in [0.15, 0.2) is 54.6 Å². The molecule has 0 atom stereocenters. The van der Waals surface area contributed by atoms with Crippen LogP contribution in [-0.2, 0) is 11.3 Å². The smallest absolute Gasteiger partial charge is 0.126 e. The van der Waals surface area contributed by atoms with Crippen molar-refractivity contribution in [3.05, 3.63) is 66.0 Å². The summed E-state index contributed by atoms with van der Waals surface area (Å²) in [5, 5.41) is 0. The minimum atomic E-state index is -0.280. The van der Waals surface area contributed by atoms with Gasteiger partial charge in [-0.2, -0.15) is 0 Å². The van der Waals surface area contributed by atoms with Crippen molar-refractivity contribution in [1.29, 1.82) is 0 Å². The molecular formula is C16H17FO2. The largest absolute Gasteiger partial charge is 0.493 e. The third kappa shape index (κ3) is 5.10. The van der Waals surface area contributed by atoms with Crippen molar-refractivity contribution in [3.63, 3.8) is 0 Å². The summed E-state index contributed by atoms with van der Waals surface area (Å²) in [4.78, 5) is 0. The van der Waals surface area contributed by atoms with Gasteiger partial charge in [0.25, 0.3) is 0 Å². The van der Waals surface area contributed by atoms with Crippen LogP contribution in [0.5, 0.6) is 5.75 Å². The molecule has 0 N–H and O–H groups in total. The van der Waals surface area contributed by atoms with Gasteiger partial charge >= 0.3 is 0 Å². The van der Waals surface area contributed by atoms with Gasteiger partial charge in [0, 0.05) is 12.5 Å². The van der Waals surface area contributed by atoms with E-state index in [1.165, 1.54) is 12.1 Å². The van der Waals surface area contributed by atoms with Crippen LogP contribution < -0.4 is 4.74 Å². The highest BCUT2D eigenvalue weighted by Gasteiger charge is 1.96. The highest BCUT2D eigenvalue weighted by molar-refractivity contribution is 5.22. The minimum absolute atomic E-state index is 0.280. The Bertz CT molecular complexity index is 485. The molecule has 0 aliphatic heterocycles. The summed E-state index contributed by atoms with van der Waals surface area (Å²) in [6.07, 6.45) is 0.781. The Labute approximate surface area is 112 Å². The van der Waals surface area contributed by atoms with E-state index in [1.807, 2.05) is 30.3 Å². The van der Waals surface area contributed by atoms with Gasteiger partial charge in [-0.15, -0.1) is 0 Å². The van der Waals surface area contributed by atoms with Crippen molar-refractivity contribution in [1.82, 2.24) is 0 Å². The highest BCUT2D eigenvalue weighted by Crippen LogP contribution is 2.12. The number of rotatable bonds is 7. The first kappa shape index (κ1) is 13.6. The Hall–Kier alpha value is -1.87. The van der Waals surface area contributed by atoms with E-state index in [0.717, 1.165) is 12.0 Å². The second-order valence-electron chi connectivity index (χ2n) is 4.20. The van der Waals surface area contributed by atoms with E-state index in [2.05, 4.69) is 0 Å².